The minimum atomic E-state index is -0.321. The predicted molar refractivity (Wildman–Crippen MR) is 90.5 cm³/mol. The van der Waals surface area contributed by atoms with E-state index in [0.29, 0.717) is 5.75 Å². The van der Waals surface area contributed by atoms with Crippen molar-refractivity contribution in [1.82, 2.24) is 0 Å². The van der Waals surface area contributed by atoms with Gasteiger partial charge in [-0.05, 0) is 55.2 Å². The third-order valence-corrected chi connectivity index (χ3v) is 4.95. The zero-order chi connectivity index (χ0) is 14.5. The molecule has 0 radical (unpaired) electrons. The van der Waals surface area contributed by atoms with Crippen LogP contribution in [0.5, 0.6) is 0 Å². The molecule has 2 rings (SSSR count). The van der Waals surface area contributed by atoms with E-state index >= 15 is 0 Å². The molecule has 1 nitrogen and oxygen atoms in total. The molecule has 2 aromatic rings. The number of thioether (sulfide) groups is 1. The molecule has 0 aromatic heterocycles. The van der Waals surface area contributed by atoms with Crippen LogP contribution in [0.4, 0.5) is 0 Å². The van der Waals surface area contributed by atoms with Gasteiger partial charge >= 0.3 is 0 Å². The average Bonchev–Trinajstić information content (AvgIpc) is 2.41. The molecule has 0 fully saturated rings. The molecule has 0 amide bonds. The van der Waals surface area contributed by atoms with Crippen LogP contribution < -0.4 is 0 Å². The fourth-order valence-corrected chi connectivity index (χ4v) is 3.65. The first-order chi connectivity index (χ1) is 9.56. The first-order valence-electron chi connectivity index (χ1n) is 6.68. The third kappa shape index (κ3) is 4.37. The van der Waals surface area contributed by atoms with Crippen molar-refractivity contribution in [3.63, 3.8) is 0 Å². The lowest BCUT2D eigenvalue weighted by Crippen LogP contribution is -2.15. The third-order valence-electron chi connectivity index (χ3n) is 3.32. The van der Waals surface area contributed by atoms with Crippen LogP contribution in [0.25, 0.3) is 0 Å². The van der Waals surface area contributed by atoms with Gasteiger partial charge in [-0.1, -0.05) is 40.2 Å². The number of rotatable bonds is 5. The van der Waals surface area contributed by atoms with Gasteiger partial charge in [-0.3, -0.25) is 0 Å². The second-order valence-electron chi connectivity index (χ2n) is 5.00. The quantitative estimate of drug-likeness (QED) is 0.784. The van der Waals surface area contributed by atoms with Gasteiger partial charge in [0.1, 0.15) is 0 Å². The van der Waals surface area contributed by atoms with Gasteiger partial charge in [0.2, 0.25) is 0 Å². The van der Waals surface area contributed by atoms with Crippen LogP contribution in [-0.4, -0.2) is 17.0 Å². The molecular formula is C17H19BrOS. The highest BCUT2D eigenvalue weighted by atomic mass is 79.9. The van der Waals surface area contributed by atoms with Crippen molar-refractivity contribution < 1.29 is 5.11 Å². The molecule has 1 N–H and O–H groups in total. The van der Waals surface area contributed by atoms with Gasteiger partial charge in [-0.15, -0.1) is 11.8 Å². The number of hydrogen-bond acceptors (Lipinski definition) is 2. The normalized spacial score (nSPS) is 12.4. The summed E-state index contributed by atoms with van der Waals surface area (Å²) in [6.07, 6.45) is 0.401. The van der Waals surface area contributed by atoms with Crippen molar-refractivity contribution in [3.05, 3.63) is 63.6 Å². The van der Waals surface area contributed by atoms with Crippen molar-refractivity contribution in [2.75, 3.05) is 5.75 Å². The van der Waals surface area contributed by atoms with Crippen molar-refractivity contribution >= 4 is 27.7 Å². The van der Waals surface area contributed by atoms with Crippen LogP contribution in [0, 0.1) is 13.8 Å². The van der Waals surface area contributed by atoms with Crippen LogP contribution in [0.3, 0.4) is 0 Å². The molecule has 0 saturated carbocycles. The number of benzene rings is 2. The molecule has 0 aliphatic rings. The van der Waals surface area contributed by atoms with Crippen LogP contribution in [0.15, 0.2) is 51.8 Å². The van der Waals surface area contributed by atoms with Crippen LogP contribution in [0.2, 0.25) is 0 Å². The van der Waals surface area contributed by atoms with Crippen molar-refractivity contribution in [1.29, 1.82) is 0 Å². The minimum absolute atomic E-state index is 0.321. The molecule has 1 unspecified atom stereocenters. The summed E-state index contributed by atoms with van der Waals surface area (Å²) in [7, 11) is 0. The Hall–Kier alpha value is -0.770. The molecule has 0 spiro atoms. The molecular weight excluding hydrogens is 332 g/mol. The van der Waals surface area contributed by atoms with Crippen molar-refractivity contribution in [3.8, 4) is 0 Å². The number of aryl methyl sites for hydroxylation is 2. The molecule has 1 atom stereocenters. The largest absolute Gasteiger partial charge is 0.392 e. The molecule has 20 heavy (non-hydrogen) atoms. The highest BCUT2D eigenvalue weighted by Crippen LogP contribution is 2.24. The molecule has 0 aliphatic heterocycles. The smallest absolute Gasteiger partial charge is 0.0674 e. The summed E-state index contributed by atoms with van der Waals surface area (Å²) in [6.45, 7) is 4.22. The highest BCUT2D eigenvalue weighted by molar-refractivity contribution is 9.10. The van der Waals surface area contributed by atoms with Gasteiger partial charge in [0.25, 0.3) is 0 Å². The lowest BCUT2D eigenvalue weighted by molar-refractivity contribution is 0.199. The van der Waals surface area contributed by atoms with E-state index in [1.807, 2.05) is 12.1 Å². The molecule has 2 aromatic carbocycles. The topological polar surface area (TPSA) is 20.2 Å². The monoisotopic (exact) mass is 350 g/mol. The molecule has 0 aliphatic carbocycles. The van der Waals surface area contributed by atoms with Crippen molar-refractivity contribution in [2.24, 2.45) is 0 Å². The minimum Gasteiger partial charge on any atom is -0.392 e. The van der Waals surface area contributed by atoms with Crippen molar-refractivity contribution in [2.45, 2.75) is 31.3 Å². The number of halogens is 1. The molecule has 0 saturated heterocycles. The van der Waals surface area contributed by atoms with E-state index in [0.717, 1.165) is 10.9 Å². The number of aliphatic hydroxyl groups excluding tert-OH is 1. The van der Waals surface area contributed by atoms with E-state index in [2.05, 4.69) is 60.1 Å². The Bertz CT molecular complexity index is 563. The average molecular weight is 351 g/mol. The maximum Gasteiger partial charge on any atom is 0.0674 e. The summed E-state index contributed by atoms with van der Waals surface area (Å²) in [5.41, 5.74) is 3.79. The number of hydrogen-bond donors (Lipinski definition) is 1. The first kappa shape index (κ1) is 15.6. The predicted octanol–water partition coefficient (Wildman–Crippen LogP) is 4.76. The van der Waals surface area contributed by atoms with Crippen LogP contribution >= 0.6 is 27.7 Å². The summed E-state index contributed by atoms with van der Waals surface area (Å²) in [4.78, 5) is 1.18. The fraction of sp³-hybridized carbons (Fsp3) is 0.294. The Labute approximate surface area is 133 Å². The van der Waals surface area contributed by atoms with Gasteiger partial charge in [0, 0.05) is 15.1 Å². The maximum absolute atomic E-state index is 10.2. The Morgan fingerprint density at radius 1 is 1.10 bits per heavy atom. The van der Waals surface area contributed by atoms with Gasteiger partial charge in [0.15, 0.2) is 0 Å². The van der Waals surface area contributed by atoms with E-state index in [4.69, 9.17) is 0 Å². The van der Waals surface area contributed by atoms with Gasteiger partial charge < -0.3 is 5.11 Å². The Balaban J connectivity index is 1.94. The van der Waals surface area contributed by atoms with E-state index in [1.54, 1.807) is 11.8 Å². The molecule has 0 heterocycles. The van der Waals surface area contributed by atoms with Crippen LogP contribution in [0.1, 0.15) is 16.7 Å². The summed E-state index contributed by atoms with van der Waals surface area (Å²) < 4.78 is 1.08. The van der Waals surface area contributed by atoms with E-state index < -0.39 is 0 Å². The van der Waals surface area contributed by atoms with E-state index in [9.17, 15) is 5.11 Å². The molecule has 106 valence electrons. The second-order valence-corrected chi connectivity index (χ2v) is 7.01. The van der Waals surface area contributed by atoms with E-state index in [1.165, 1.54) is 21.6 Å². The Morgan fingerprint density at radius 2 is 1.75 bits per heavy atom. The molecule has 3 heteroatoms. The fourth-order valence-electron chi connectivity index (χ4n) is 2.21. The highest BCUT2D eigenvalue weighted by Gasteiger charge is 2.10. The van der Waals surface area contributed by atoms with Gasteiger partial charge in [0.05, 0.1) is 6.10 Å². The second kappa shape index (κ2) is 7.30. The maximum atomic E-state index is 10.2. The summed E-state index contributed by atoms with van der Waals surface area (Å²) in [6, 6.07) is 14.5. The summed E-state index contributed by atoms with van der Waals surface area (Å²) in [5, 5.41) is 10.2. The summed E-state index contributed by atoms with van der Waals surface area (Å²) >= 11 is 5.16. The molecule has 0 bridgehead atoms. The van der Waals surface area contributed by atoms with Crippen LogP contribution in [-0.2, 0) is 6.42 Å². The lowest BCUT2D eigenvalue weighted by Gasteiger charge is -2.14. The Kier molecular flexibility index (Phi) is 5.70. The standard InChI is InChI=1S/C17H19BrOS/c1-12-5-3-6-13(2)17(12)10-15(19)11-20-16-8-4-7-14(18)9-16/h3-9,15,19H,10-11H2,1-2H3. The first-order valence-corrected chi connectivity index (χ1v) is 8.45. The van der Waals surface area contributed by atoms with Gasteiger partial charge in [-0.2, -0.15) is 0 Å². The summed E-state index contributed by atoms with van der Waals surface area (Å²) in [5.74, 6) is 0.713. The zero-order valence-electron chi connectivity index (χ0n) is 11.8. The zero-order valence-corrected chi connectivity index (χ0v) is 14.2. The number of aliphatic hydroxyl groups is 1. The van der Waals surface area contributed by atoms with Gasteiger partial charge in [-0.25, -0.2) is 0 Å². The Morgan fingerprint density at radius 3 is 2.40 bits per heavy atom. The van der Waals surface area contributed by atoms with E-state index in [-0.39, 0.29) is 6.10 Å². The lowest BCUT2D eigenvalue weighted by atomic mass is 9.98. The SMILES string of the molecule is Cc1cccc(C)c1CC(O)CSc1cccc(Br)c1.